The highest BCUT2D eigenvalue weighted by Crippen LogP contribution is 2.30. The zero-order valence-electron chi connectivity index (χ0n) is 9.62. The lowest BCUT2D eigenvalue weighted by Crippen LogP contribution is -2.46. The van der Waals surface area contributed by atoms with Crippen molar-refractivity contribution in [3.05, 3.63) is 23.8 Å². The minimum absolute atomic E-state index is 0.0462. The molecule has 0 unspecified atom stereocenters. The summed E-state index contributed by atoms with van der Waals surface area (Å²) in [6.45, 7) is 3.50. The quantitative estimate of drug-likeness (QED) is 0.827. The molecule has 0 bridgehead atoms. The summed E-state index contributed by atoms with van der Waals surface area (Å²) in [6.07, 6.45) is 0.961. The van der Waals surface area contributed by atoms with Crippen LogP contribution in [0, 0.1) is 6.92 Å². The van der Waals surface area contributed by atoms with Crippen molar-refractivity contribution in [3.8, 4) is 5.75 Å². The van der Waals surface area contributed by atoms with Gasteiger partial charge in [0.1, 0.15) is 5.75 Å². The van der Waals surface area contributed by atoms with Crippen LogP contribution in [-0.4, -0.2) is 26.2 Å². The number of rotatable bonds is 2. The van der Waals surface area contributed by atoms with Gasteiger partial charge in [-0.05, 0) is 31.0 Å². The minimum Gasteiger partial charge on any atom is -0.495 e. The molecular formula is C12H16N2O2. The monoisotopic (exact) mass is 220 g/mol. The summed E-state index contributed by atoms with van der Waals surface area (Å²) >= 11 is 0. The average Bonchev–Trinajstić information content (AvgIpc) is 2.29. The van der Waals surface area contributed by atoms with Crippen LogP contribution in [0.3, 0.4) is 0 Å². The second-order valence-corrected chi connectivity index (χ2v) is 3.91. The van der Waals surface area contributed by atoms with Gasteiger partial charge in [0.05, 0.1) is 12.8 Å². The Labute approximate surface area is 95.2 Å². The number of amides is 2. The van der Waals surface area contributed by atoms with Gasteiger partial charge in [0.15, 0.2) is 0 Å². The zero-order valence-corrected chi connectivity index (χ0v) is 9.62. The number of methoxy groups -OCH3 is 1. The molecule has 1 aromatic carbocycles. The van der Waals surface area contributed by atoms with E-state index in [-0.39, 0.29) is 6.03 Å². The Balaban J connectivity index is 2.36. The maximum atomic E-state index is 11.7. The molecule has 0 aromatic heterocycles. The summed E-state index contributed by atoms with van der Waals surface area (Å²) in [7, 11) is 1.62. The summed E-state index contributed by atoms with van der Waals surface area (Å²) in [5.41, 5.74) is 1.97. The van der Waals surface area contributed by atoms with E-state index in [9.17, 15) is 4.79 Å². The largest absolute Gasteiger partial charge is 0.495 e. The fraction of sp³-hybridized carbons (Fsp3) is 0.417. The number of benzene rings is 1. The third-order valence-corrected chi connectivity index (χ3v) is 2.71. The van der Waals surface area contributed by atoms with Crippen molar-refractivity contribution in [2.45, 2.75) is 13.3 Å². The molecule has 1 aliphatic heterocycles. The molecular weight excluding hydrogens is 204 g/mol. The van der Waals surface area contributed by atoms with Crippen molar-refractivity contribution < 1.29 is 9.53 Å². The van der Waals surface area contributed by atoms with Crippen LogP contribution in [0.2, 0.25) is 0 Å². The molecule has 0 atom stereocenters. The fourth-order valence-electron chi connectivity index (χ4n) is 1.87. The van der Waals surface area contributed by atoms with Gasteiger partial charge in [-0.3, -0.25) is 4.90 Å². The standard InChI is InChI=1S/C12H16N2O2/c1-9-4-5-11(16-2)10(8-9)14-7-3-6-13-12(14)15/h4-5,8H,3,6-7H2,1-2H3,(H,13,15). The summed E-state index contributed by atoms with van der Waals surface area (Å²) in [6, 6.07) is 5.80. The van der Waals surface area contributed by atoms with Crippen LogP contribution in [0.4, 0.5) is 10.5 Å². The number of ether oxygens (including phenoxy) is 1. The number of carbonyl (C=O) groups excluding carboxylic acids is 1. The summed E-state index contributed by atoms with van der Waals surface area (Å²) in [4.78, 5) is 13.5. The lowest BCUT2D eigenvalue weighted by atomic mass is 10.1. The molecule has 1 heterocycles. The van der Waals surface area contributed by atoms with Crippen molar-refractivity contribution >= 4 is 11.7 Å². The van der Waals surface area contributed by atoms with Crippen molar-refractivity contribution in [2.24, 2.45) is 0 Å². The highest BCUT2D eigenvalue weighted by Gasteiger charge is 2.22. The van der Waals surface area contributed by atoms with E-state index in [1.165, 1.54) is 0 Å². The van der Waals surface area contributed by atoms with Gasteiger partial charge in [-0.2, -0.15) is 0 Å². The molecule has 1 saturated heterocycles. The molecule has 0 aliphatic carbocycles. The Hall–Kier alpha value is -1.71. The average molecular weight is 220 g/mol. The molecule has 16 heavy (non-hydrogen) atoms. The smallest absolute Gasteiger partial charge is 0.321 e. The van der Waals surface area contributed by atoms with Crippen LogP contribution in [0.1, 0.15) is 12.0 Å². The van der Waals surface area contributed by atoms with Crippen molar-refractivity contribution in [1.29, 1.82) is 0 Å². The van der Waals surface area contributed by atoms with Gasteiger partial charge in [-0.25, -0.2) is 4.79 Å². The van der Waals surface area contributed by atoms with E-state index >= 15 is 0 Å². The van der Waals surface area contributed by atoms with Gasteiger partial charge in [0.25, 0.3) is 0 Å². The molecule has 0 radical (unpaired) electrons. The maximum Gasteiger partial charge on any atom is 0.321 e. The first-order valence-corrected chi connectivity index (χ1v) is 5.42. The first-order chi connectivity index (χ1) is 7.72. The second kappa shape index (κ2) is 4.43. The summed E-state index contributed by atoms with van der Waals surface area (Å²) in [5.74, 6) is 0.739. The van der Waals surface area contributed by atoms with Gasteiger partial charge in [0.2, 0.25) is 0 Å². The highest BCUT2D eigenvalue weighted by molar-refractivity contribution is 5.94. The normalized spacial score (nSPS) is 15.9. The Morgan fingerprint density at radius 1 is 1.44 bits per heavy atom. The molecule has 1 aliphatic rings. The van der Waals surface area contributed by atoms with E-state index in [2.05, 4.69) is 5.32 Å². The number of aryl methyl sites for hydroxylation is 1. The Kier molecular flexibility index (Phi) is 2.99. The van der Waals surface area contributed by atoms with Crippen LogP contribution in [0.25, 0.3) is 0 Å². The molecule has 0 saturated carbocycles. The third kappa shape index (κ3) is 1.96. The van der Waals surface area contributed by atoms with Crippen LogP contribution in [-0.2, 0) is 0 Å². The number of nitrogens with zero attached hydrogens (tertiary/aromatic N) is 1. The molecule has 4 nitrogen and oxygen atoms in total. The predicted octanol–water partition coefficient (Wildman–Crippen LogP) is 1.92. The summed E-state index contributed by atoms with van der Waals surface area (Å²) < 4.78 is 5.28. The van der Waals surface area contributed by atoms with Gasteiger partial charge >= 0.3 is 6.03 Å². The van der Waals surface area contributed by atoms with Gasteiger partial charge in [-0.15, -0.1) is 0 Å². The van der Waals surface area contributed by atoms with E-state index < -0.39 is 0 Å². The Morgan fingerprint density at radius 2 is 2.25 bits per heavy atom. The van der Waals surface area contributed by atoms with Crippen molar-refractivity contribution in [1.82, 2.24) is 5.32 Å². The highest BCUT2D eigenvalue weighted by atomic mass is 16.5. The number of carbonyl (C=O) groups is 1. The lowest BCUT2D eigenvalue weighted by Gasteiger charge is -2.28. The maximum absolute atomic E-state index is 11.7. The molecule has 4 heteroatoms. The van der Waals surface area contributed by atoms with Crippen LogP contribution >= 0.6 is 0 Å². The molecule has 2 rings (SSSR count). The number of anilines is 1. The van der Waals surface area contributed by atoms with Crippen LogP contribution in [0.15, 0.2) is 18.2 Å². The molecule has 0 spiro atoms. The molecule has 86 valence electrons. The summed E-state index contributed by atoms with van der Waals surface area (Å²) in [5, 5.41) is 2.83. The number of hydrogen-bond donors (Lipinski definition) is 1. The number of nitrogens with one attached hydrogen (secondary N) is 1. The van der Waals surface area contributed by atoms with Crippen LogP contribution in [0.5, 0.6) is 5.75 Å². The van der Waals surface area contributed by atoms with Gasteiger partial charge in [-0.1, -0.05) is 6.07 Å². The SMILES string of the molecule is COc1ccc(C)cc1N1CCCNC1=O. The minimum atomic E-state index is -0.0462. The molecule has 1 aromatic rings. The second-order valence-electron chi connectivity index (χ2n) is 3.91. The topological polar surface area (TPSA) is 41.6 Å². The molecule has 1 N–H and O–H groups in total. The van der Waals surface area contributed by atoms with Gasteiger partial charge in [0, 0.05) is 13.1 Å². The van der Waals surface area contributed by atoms with Crippen molar-refractivity contribution in [2.75, 3.05) is 25.1 Å². The van der Waals surface area contributed by atoms with E-state index in [0.29, 0.717) is 0 Å². The van der Waals surface area contributed by atoms with Crippen LogP contribution < -0.4 is 15.0 Å². The first-order valence-electron chi connectivity index (χ1n) is 5.42. The zero-order chi connectivity index (χ0) is 11.5. The van der Waals surface area contributed by atoms with Crippen molar-refractivity contribution in [3.63, 3.8) is 0 Å². The predicted molar refractivity (Wildman–Crippen MR) is 63.1 cm³/mol. The fourth-order valence-corrected chi connectivity index (χ4v) is 1.87. The van der Waals surface area contributed by atoms with E-state index in [4.69, 9.17) is 4.74 Å². The number of hydrogen-bond acceptors (Lipinski definition) is 2. The number of urea groups is 1. The van der Waals surface area contributed by atoms with E-state index in [1.807, 2.05) is 25.1 Å². The van der Waals surface area contributed by atoms with E-state index in [0.717, 1.165) is 36.5 Å². The van der Waals surface area contributed by atoms with E-state index in [1.54, 1.807) is 12.0 Å². The Morgan fingerprint density at radius 3 is 2.94 bits per heavy atom. The molecule has 2 amide bonds. The van der Waals surface area contributed by atoms with Gasteiger partial charge < -0.3 is 10.1 Å². The lowest BCUT2D eigenvalue weighted by molar-refractivity contribution is 0.242. The Bertz CT molecular complexity index is 404. The first kappa shape index (κ1) is 10.8. The third-order valence-electron chi connectivity index (χ3n) is 2.71. The molecule has 1 fully saturated rings.